The number of hydrogen-bond donors (Lipinski definition) is 1. The van der Waals surface area contributed by atoms with E-state index in [1.54, 1.807) is 0 Å². The van der Waals surface area contributed by atoms with Gasteiger partial charge < -0.3 is 14.3 Å². The van der Waals surface area contributed by atoms with Crippen molar-refractivity contribution in [2.24, 2.45) is 0 Å². The number of aromatic nitrogens is 2. The maximum atomic E-state index is 9.35. The van der Waals surface area contributed by atoms with Crippen LogP contribution in [0.15, 0.2) is 4.42 Å². The molecule has 0 aromatic carbocycles. The molecule has 1 aliphatic rings. The molecule has 2 rings (SSSR count). The van der Waals surface area contributed by atoms with Gasteiger partial charge in [0.15, 0.2) is 0 Å². The van der Waals surface area contributed by atoms with E-state index in [9.17, 15) is 5.11 Å². The summed E-state index contributed by atoms with van der Waals surface area (Å²) in [4.78, 5) is 0. The topological polar surface area (TPSA) is 68.4 Å². The summed E-state index contributed by atoms with van der Waals surface area (Å²) in [7, 11) is 0. The lowest BCUT2D eigenvalue weighted by Gasteiger charge is -2.24. The lowest BCUT2D eigenvalue weighted by molar-refractivity contribution is -0.0192. The van der Waals surface area contributed by atoms with Gasteiger partial charge in [-0.15, -0.1) is 10.2 Å². The summed E-state index contributed by atoms with van der Waals surface area (Å²) in [5, 5.41) is 17.1. The maximum Gasteiger partial charge on any atom is 0.242 e. The molecule has 0 radical (unpaired) electrons. The zero-order chi connectivity index (χ0) is 11.4. The number of aliphatic hydroxyl groups is 1. The van der Waals surface area contributed by atoms with Crippen molar-refractivity contribution in [1.82, 2.24) is 10.2 Å². The van der Waals surface area contributed by atoms with Gasteiger partial charge >= 0.3 is 0 Å². The third-order valence-electron chi connectivity index (χ3n) is 2.90. The molecule has 0 spiro atoms. The molecule has 1 fully saturated rings. The smallest absolute Gasteiger partial charge is 0.242 e. The molecule has 1 aliphatic carbocycles. The number of rotatable bonds is 4. The van der Waals surface area contributed by atoms with Crippen molar-refractivity contribution in [3.05, 3.63) is 11.8 Å². The molecule has 1 N–H and O–H groups in total. The van der Waals surface area contributed by atoms with Gasteiger partial charge in [0.25, 0.3) is 0 Å². The van der Waals surface area contributed by atoms with Gasteiger partial charge in [-0.25, -0.2) is 0 Å². The number of aliphatic hydroxyl groups excluding tert-OH is 1. The van der Waals surface area contributed by atoms with E-state index in [-0.39, 0.29) is 12.2 Å². The first-order chi connectivity index (χ1) is 7.78. The minimum atomic E-state index is -0.144. The van der Waals surface area contributed by atoms with E-state index in [1.165, 1.54) is 0 Å². The fourth-order valence-electron chi connectivity index (χ4n) is 1.89. The molecule has 0 aliphatic heterocycles. The highest BCUT2D eigenvalue weighted by atomic mass is 16.5. The molecule has 0 unspecified atom stereocenters. The third kappa shape index (κ3) is 3.02. The molecule has 1 aromatic rings. The first-order valence-corrected chi connectivity index (χ1v) is 5.89. The van der Waals surface area contributed by atoms with Gasteiger partial charge in [0.05, 0.1) is 12.2 Å². The molecule has 1 heterocycles. The lowest BCUT2D eigenvalue weighted by Crippen LogP contribution is -2.24. The van der Waals surface area contributed by atoms with Gasteiger partial charge in [0.2, 0.25) is 11.8 Å². The Morgan fingerprint density at radius 3 is 2.56 bits per heavy atom. The van der Waals surface area contributed by atoms with Gasteiger partial charge in [-0.2, -0.15) is 0 Å². The highest BCUT2D eigenvalue weighted by molar-refractivity contribution is 4.80. The minimum Gasteiger partial charge on any atom is -0.423 e. The van der Waals surface area contributed by atoms with Crippen LogP contribution in [-0.2, 0) is 17.8 Å². The van der Waals surface area contributed by atoms with Crippen molar-refractivity contribution >= 4 is 0 Å². The van der Waals surface area contributed by atoms with Crippen LogP contribution in [-0.4, -0.2) is 27.5 Å². The summed E-state index contributed by atoms with van der Waals surface area (Å²) in [5.41, 5.74) is 0. The van der Waals surface area contributed by atoms with Gasteiger partial charge in [0.1, 0.15) is 6.61 Å². The zero-order valence-electron chi connectivity index (χ0n) is 9.56. The van der Waals surface area contributed by atoms with Crippen LogP contribution in [0, 0.1) is 0 Å². The number of ether oxygens (including phenoxy) is 1. The van der Waals surface area contributed by atoms with E-state index < -0.39 is 0 Å². The van der Waals surface area contributed by atoms with E-state index in [1.807, 2.05) is 6.92 Å². The van der Waals surface area contributed by atoms with Crippen LogP contribution in [0.3, 0.4) is 0 Å². The van der Waals surface area contributed by atoms with Crippen molar-refractivity contribution < 1.29 is 14.3 Å². The average molecular weight is 226 g/mol. The number of nitrogens with zero attached hydrogens (tertiary/aromatic N) is 2. The molecule has 90 valence electrons. The summed E-state index contributed by atoms with van der Waals surface area (Å²) < 4.78 is 11.0. The van der Waals surface area contributed by atoms with Crippen molar-refractivity contribution in [2.45, 2.75) is 57.8 Å². The molecule has 0 amide bonds. The van der Waals surface area contributed by atoms with Crippen molar-refractivity contribution in [3.63, 3.8) is 0 Å². The van der Waals surface area contributed by atoms with Crippen LogP contribution in [0.4, 0.5) is 0 Å². The zero-order valence-corrected chi connectivity index (χ0v) is 9.56. The SMILES string of the molecule is CCc1nnc(COC2CCC(O)CC2)o1. The summed E-state index contributed by atoms with van der Waals surface area (Å²) in [6.45, 7) is 2.36. The predicted octanol–water partition coefficient (Wildman–Crippen LogP) is 1.45. The Morgan fingerprint density at radius 2 is 1.94 bits per heavy atom. The van der Waals surface area contributed by atoms with Crippen LogP contribution in [0.5, 0.6) is 0 Å². The standard InChI is InChI=1S/C11H18N2O3/c1-2-10-12-13-11(16-10)7-15-9-5-3-8(14)4-6-9/h8-9,14H,2-7H2,1H3. The molecular weight excluding hydrogens is 208 g/mol. The molecular formula is C11H18N2O3. The van der Waals surface area contributed by atoms with E-state index in [4.69, 9.17) is 9.15 Å². The molecule has 5 heteroatoms. The van der Waals surface area contributed by atoms with E-state index in [0.29, 0.717) is 18.4 Å². The molecule has 5 nitrogen and oxygen atoms in total. The fraction of sp³-hybridized carbons (Fsp3) is 0.818. The quantitative estimate of drug-likeness (QED) is 0.841. The van der Waals surface area contributed by atoms with Gasteiger partial charge in [-0.1, -0.05) is 6.92 Å². The van der Waals surface area contributed by atoms with Crippen LogP contribution in [0.25, 0.3) is 0 Å². The second-order valence-corrected chi connectivity index (χ2v) is 4.18. The number of hydrogen-bond acceptors (Lipinski definition) is 5. The van der Waals surface area contributed by atoms with Crippen LogP contribution < -0.4 is 0 Å². The lowest BCUT2D eigenvalue weighted by atomic mass is 9.95. The molecule has 1 aromatic heterocycles. The summed E-state index contributed by atoms with van der Waals surface area (Å²) in [6, 6.07) is 0. The Balaban J connectivity index is 1.74. The van der Waals surface area contributed by atoms with Crippen LogP contribution in [0.1, 0.15) is 44.4 Å². The van der Waals surface area contributed by atoms with E-state index in [0.717, 1.165) is 32.1 Å². The molecule has 1 saturated carbocycles. The maximum absolute atomic E-state index is 9.35. The second kappa shape index (κ2) is 5.41. The first-order valence-electron chi connectivity index (χ1n) is 5.89. The summed E-state index contributed by atoms with van der Waals surface area (Å²) in [5.74, 6) is 1.20. The Bertz CT molecular complexity index is 319. The first kappa shape index (κ1) is 11.5. The van der Waals surface area contributed by atoms with Gasteiger partial charge in [-0.3, -0.25) is 0 Å². The van der Waals surface area contributed by atoms with Crippen molar-refractivity contribution in [3.8, 4) is 0 Å². The summed E-state index contributed by atoms with van der Waals surface area (Å²) >= 11 is 0. The predicted molar refractivity (Wildman–Crippen MR) is 56.7 cm³/mol. The van der Waals surface area contributed by atoms with Crippen LogP contribution >= 0.6 is 0 Å². The Hall–Kier alpha value is -0.940. The van der Waals surface area contributed by atoms with Crippen molar-refractivity contribution in [1.29, 1.82) is 0 Å². The van der Waals surface area contributed by atoms with E-state index in [2.05, 4.69) is 10.2 Å². The Kier molecular flexibility index (Phi) is 3.90. The summed E-state index contributed by atoms with van der Waals surface area (Å²) in [6.07, 6.45) is 4.31. The molecule has 0 saturated heterocycles. The highest BCUT2D eigenvalue weighted by Crippen LogP contribution is 2.21. The molecule has 0 atom stereocenters. The number of aryl methyl sites for hydroxylation is 1. The van der Waals surface area contributed by atoms with Gasteiger partial charge in [-0.05, 0) is 25.7 Å². The Morgan fingerprint density at radius 1 is 1.25 bits per heavy atom. The third-order valence-corrected chi connectivity index (χ3v) is 2.90. The fourth-order valence-corrected chi connectivity index (χ4v) is 1.89. The average Bonchev–Trinajstić information content (AvgIpc) is 2.76. The van der Waals surface area contributed by atoms with Gasteiger partial charge in [0, 0.05) is 6.42 Å². The van der Waals surface area contributed by atoms with Crippen LogP contribution in [0.2, 0.25) is 0 Å². The molecule has 16 heavy (non-hydrogen) atoms. The van der Waals surface area contributed by atoms with Crippen molar-refractivity contribution in [2.75, 3.05) is 0 Å². The largest absolute Gasteiger partial charge is 0.423 e. The van der Waals surface area contributed by atoms with E-state index >= 15 is 0 Å². The normalized spacial score (nSPS) is 25.9. The Labute approximate surface area is 94.8 Å². The second-order valence-electron chi connectivity index (χ2n) is 4.18. The highest BCUT2D eigenvalue weighted by Gasteiger charge is 2.20. The minimum absolute atomic E-state index is 0.144. The monoisotopic (exact) mass is 226 g/mol. The molecule has 0 bridgehead atoms.